The number of hydrogen-bond acceptors (Lipinski definition) is 10. The van der Waals surface area contributed by atoms with Crippen LogP contribution in [0.2, 0.25) is 0 Å². The fourth-order valence-corrected chi connectivity index (χ4v) is 5.57. The third-order valence-electron chi connectivity index (χ3n) is 6.46. The van der Waals surface area contributed by atoms with Gasteiger partial charge in [-0.3, -0.25) is 9.36 Å². The van der Waals surface area contributed by atoms with E-state index < -0.39 is 12.0 Å². The average molecular weight is 583 g/mol. The van der Waals surface area contributed by atoms with E-state index in [1.54, 1.807) is 64.7 Å². The molecule has 0 aliphatic carbocycles. The molecule has 0 bridgehead atoms. The second kappa shape index (κ2) is 13.5. The molecule has 0 unspecified atom stereocenters. The summed E-state index contributed by atoms with van der Waals surface area (Å²) in [4.78, 5) is 32.7. The second-order valence-electron chi connectivity index (χ2n) is 9.05. The second-order valence-corrected chi connectivity index (χ2v) is 10.1. The molecule has 41 heavy (non-hydrogen) atoms. The quantitative estimate of drug-likeness (QED) is 0.237. The molecule has 1 aromatic heterocycles. The summed E-state index contributed by atoms with van der Waals surface area (Å²) in [7, 11) is 6.21. The van der Waals surface area contributed by atoms with Crippen LogP contribution in [-0.4, -0.2) is 58.8 Å². The van der Waals surface area contributed by atoms with Gasteiger partial charge in [-0.1, -0.05) is 30.4 Å². The predicted molar refractivity (Wildman–Crippen MR) is 155 cm³/mol. The summed E-state index contributed by atoms with van der Waals surface area (Å²) in [5.74, 6) is 1.54. The van der Waals surface area contributed by atoms with Gasteiger partial charge < -0.3 is 28.4 Å². The van der Waals surface area contributed by atoms with Crippen molar-refractivity contribution in [1.29, 1.82) is 0 Å². The van der Waals surface area contributed by atoms with Crippen LogP contribution in [0, 0.1) is 0 Å². The van der Waals surface area contributed by atoms with Crippen molar-refractivity contribution < 1.29 is 33.2 Å². The molecule has 1 aliphatic rings. The van der Waals surface area contributed by atoms with Crippen LogP contribution in [-0.2, 0) is 14.3 Å². The van der Waals surface area contributed by atoms with Crippen molar-refractivity contribution in [3.63, 3.8) is 0 Å². The highest BCUT2D eigenvalue weighted by atomic mass is 32.1. The van der Waals surface area contributed by atoms with Crippen molar-refractivity contribution in [2.75, 3.05) is 48.3 Å². The van der Waals surface area contributed by atoms with E-state index in [1.165, 1.54) is 23.0 Å². The molecule has 2 aromatic carbocycles. The standard InChI is InChI=1S/C30H34N2O8S/c1-7-13-39-27-21(9-8-10-23(27)38-6)26-25(29(34)40-15-14-35-3)18(2)31-30-32(26)28(33)24(41-30)17-19-16-20(36-4)11-12-22(19)37-5/h8-12,16-17,26H,7,13-15H2,1-6H3/b24-17+/t26-/m0/s1. The number of ether oxygens (including phenoxy) is 6. The zero-order chi connectivity index (χ0) is 29.5. The van der Waals surface area contributed by atoms with Crippen LogP contribution in [0.25, 0.3) is 6.08 Å². The lowest BCUT2D eigenvalue weighted by molar-refractivity contribution is -0.140. The van der Waals surface area contributed by atoms with Gasteiger partial charge in [-0.25, -0.2) is 9.79 Å². The van der Waals surface area contributed by atoms with Crippen LogP contribution in [0.15, 0.2) is 57.5 Å². The first-order chi connectivity index (χ1) is 19.9. The van der Waals surface area contributed by atoms with E-state index >= 15 is 0 Å². The van der Waals surface area contributed by atoms with E-state index in [4.69, 9.17) is 28.4 Å². The lowest BCUT2D eigenvalue weighted by Gasteiger charge is -2.27. The first kappa shape index (κ1) is 29.9. The van der Waals surface area contributed by atoms with Crippen LogP contribution in [0.3, 0.4) is 0 Å². The average Bonchev–Trinajstić information content (AvgIpc) is 3.28. The Balaban J connectivity index is 1.98. The number of carbonyl (C=O) groups excluding carboxylic acids is 1. The fourth-order valence-electron chi connectivity index (χ4n) is 4.53. The Morgan fingerprint density at radius 3 is 2.49 bits per heavy atom. The first-order valence-electron chi connectivity index (χ1n) is 13.1. The van der Waals surface area contributed by atoms with Crippen LogP contribution in [0.1, 0.15) is 37.4 Å². The molecule has 1 aliphatic heterocycles. The van der Waals surface area contributed by atoms with E-state index in [0.717, 1.165) is 6.42 Å². The van der Waals surface area contributed by atoms with Gasteiger partial charge in [0.1, 0.15) is 24.1 Å². The number of para-hydroxylation sites is 1. The zero-order valence-electron chi connectivity index (χ0n) is 24.0. The molecule has 218 valence electrons. The predicted octanol–water partition coefficient (Wildman–Crippen LogP) is 3.24. The summed E-state index contributed by atoms with van der Waals surface area (Å²) in [5.41, 5.74) is 1.58. The zero-order valence-corrected chi connectivity index (χ0v) is 24.8. The van der Waals surface area contributed by atoms with Crippen LogP contribution < -0.4 is 33.8 Å². The summed E-state index contributed by atoms with van der Waals surface area (Å²) >= 11 is 1.21. The molecule has 1 atom stereocenters. The van der Waals surface area contributed by atoms with Gasteiger partial charge in [0.15, 0.2) is 16.3 Å². The van der Waals surface area contributed by atoms with E-state index in [0.29, 0.717) is 55.8 Å². The number of fused-ring (bicyclic) bond motifs is 1. The van der Waals surface area contributed by atoms with Gasteiger partial charge in [-0.05, 0) is 43.7 Å². The van der Waals surface area contributed by atoms with Gasteiger partial charge in [0.2, 0.25) is 0 Å². The molecule has 0 fully saturated rings. The number of benzene rings is 2. The Hall–Kier alpha value is -4.09. The van der Waals surface area contributed by atoms with Gasteiger partial charge in [0, 0.05) is 18.2 Å². The van der Waals surface area contributed by atoms with Crippen LogP contribution in [0.4, 0.5) is 0 Å². The maximum Gasteiger partial charge on any atom is 0.338 e. The van der Waals surface area contributed by atoms with Crippen LogP contribution >= 0.6 is 11.3 Å². The van der Waals surface area contributed by atoms with Crippen molar-refractivity contribution in [2.45, 2.75) is 26.3 Å². The van der Waals surface area contributed by atoms with Crippen molar-refractivity contribution in [1.82, 2.24) is 4.57 Å². The maximum absolute atomic E-state index is 14.1. The molecule has 10 nitrogen and oxygen atoms in total. The molecule has 0 N–H and O–H groups in total. The maximum atomic E-state index is 14.1. The summed E-state index contributed by atoms with van der Waals surface area (Å²) in [5, 5.41) is 0. The van der Waals surface area contributed by atoms with Gasteiger partial charge in [-0.15, -0.1) is 0 Å². The number of methoxy groups -OCH3 is 4. The number of nitrogens with zero attached hydrogens (tertiary/aromatic N) is 2. The Bertz CT molecular complexity index is 1620. The molecule has 2 heterocycles. The fraction of sp³-hybridized carbons (Fsp3) is 0.367. The highest BCUT2D eigenvalue weighted by Crippen LogP contribution is 2.41. The Morgan fingerprint density at radius 2 is 1.80 bits per heavy atom. The topological polar surface area (TPSA) is 107 Å². The third kappa shape index (κ3) is 6.15. The molecule has 0 saturated carbocycles. The van der Waals surface area contributed by atoms with Gasteiger partial charge in [0.25, 0.3) is 5.56 Å². The number of aromatic nitrogens is 1. The van der Waals surface area contributed by atoms with Crippen LogP contribution in [0.5, 0.6) is 23.0 Å². The highest BCUT2D eigenvalue weighted by Gasteiger charge is 2.36. The molecule has 0 amide bonds. The number of rotatable bonds is 12. The van der Waals surface area contributed by atoms with E-state index in [9.17, 15) is 9.59 Å². The molecule has 0 radical (unpaired) electrons. The van der Waals surface area contributed by atoms with Crippen molar-refractivity contribution in [3.8, 4) is 23.0 Å². The smallest absolute Gasteiger partial charge is 0.338 e. The minimum absolute atomic E-state index is 0.0518. The van der Waals surface area contributed by atoms with E-state index in [-0.39, 0.29) is 24.3 Å². The molecule has 0 spiro atoms. The van der Waals surface area contributed by atoms with Gasteiger partial charge in [-0.2, -0.15) is 0 Å². The third-order valence-corrected chi connectivity index (χ3v) is 7.44. The minimum Gasteiger partial charge on any atom is -0.497 e. The monoisotopic (exact) mass is 582 g/mol. The number of hydrogen-bond donors (Lipinski definition) is 0. The highest BCUT2D eigenvalue weighted by molar-refractivity contribution is 7.07. The van der Waals surface area contributed by atoms with Gasteiger partial charge in [0.05, 0.1) is 50.3 Å². The number of thiazole rings is 1. The Kier molecular flexibility index (Phi) is 9.85. The summed E-state index contributed by atoms with van der Waals surface area (Å²) in [6.07, 6.45) is 2.49. The largest absolute Gasteiger partial charge is 0.497 e. The summed E-state index contributed by atoms with van der Waals surface area (Å²) in [6, 6.07) is 9.86. The van der Waals surface area contributed by atoms with Crippen molar-refractivity contribution >= 4 is 23.4 Å². The van der Waals surface area contributed by atoms with Crippen molar-refractivity contribution in [3.05, 3.63) is 78.5 Å². The number of allylic oxidation sites excluding steroid dienone is 1. The molecular weight excluding hydrogens is 548 g/mol. The lowest BCUT2D eigenvalue weighted by atomic mass is 9.94. The Morgan fingerprint density at radius 1 is 1.02 bits per heavy atom. The SMILES string of the molecule is CCCOc1c(OC)cccc1[C@H]1C(C(=O)OCCOC)=C(C)N=c2s/c(=C/c3cc(OC)ccc3OC)c(=O)n21. The minimum atomic E-state index is -0.877. The Labute approximate surface area is 242 Å². The molecule has 3 aromatic rings. The number of esters is 1. The van der Waals surface area contributed by atoms with E-state index in [1.807, 2.05) is 13.0 Å². The summed E-state index contributed by atoms with van der Waals surface area (Å²) < 4.78 is 35.1. The molecular formula is C30H34N2O8S. The lowest BCUT2D eigenvalue weighted by Crippen LogP contribution is -2.40. The summed E-state index contributed by atoms with van der Waals surface area (Å²) in [6.45, 7) is 4.43. The van der Waals surface area contributed by atoms with E-state index in [2.05, 4.69) is 4.99 Å². The van der Waals surface area contributed by atoms with Gasteiger partial charge >= 0.3 is 5.97 Å². The number of carbonyl (C=O) groups is 1. The van der Waals surface area contributed by atoms with Crippen molar-refractivity contribution in [2.24, 2.45) is 4.99 Å². The molecule has 11 heteroatoms. The normalized spacial score (nSPS) is 14.8. The molecule has 0 saturated heterocycles. The molecule has 4 rings (SSSR count). The first-order valence-corrected chi connectivity index (χ1v) is 13.9.